The van der Waals surface area contributed by atoms with Crippen molar-refractivity contribution in [2.45, 2.75) is 24.3 Å². The average molecular weight is 332 g/mol. The second kappa shape index (κ2) is 7.78. The second-order valence-corrected chi connectivity index (χ2v) is 6.98. The van der Waals surface area contributed by atoms with Crippen molar-refractivity contribution in [3.05, 3.63) is 28.8 Å². The van der Waals surface area contributed by atoms with Crippen LogP contribution in [0.2, 0.25) is 5.02 Å². The maximum absolute atomic E-state index is 12.3. The summed E-state index contributed by atoms with van der Waals surface area (Å²) in [6.07, 6.45) is -0.429. The van der Waals surface area contributed by atoms with Crippen molar-refractivity contribution in [3.8, 4) is 11.8 Å². The number of hydrogen-bond acceptors (Lipinski definition) is 4. The first kappa shape index (κ1) is 18.0. The van der Waals surface area contributed by atoms with Crippen LogP contribution in [0.1, 0.15) is 18.9 Å². The normalized spacial score (nSPS) is 12.9. The monoisotopic (exact) mass is 331 g/mol. The van der Waals surface area contributed by atoms with Crippen LogP contribution in [0.5, 0.6) is 0 Å². The Labute approximate surface area is 130 Å². The lowest BCUT2D eigenvalue weighted by atomic mass is 10.2. The van der Waals surface area contributed by atoms with Crippen LogP contribution in [-0.4, -0.2) is 49.2 Å². The van der Waals surface area contributed by atoms with Crippen molar-refractivity contribution in [3.63, 3.8) is 0 Å². The summed E-state index contributed by atoms with van der Waals surface area (Å²) in [7, 11) is -2.37. The maximum atomic E-state index is 12.3. The molecule has 0 bridgehead atoms. The van der Waals surface area contributed by atoms with Crippen LogP contribution in [0.3, 0.4) is 0 Å². The fraction of sp³-hybridized carbons (Fsp3) is 0.429. The van der Waals surface area contributed by atoms with E-state index in [2.05, 4.69) is 11.8 Å². The molecule has 0 saturated heterocycles. The fourth-order valence-corrected chi connectivity index (χ4v) is 3.41. The molecule has 0 saturated carbocycles. The highest BCUT2D eigenvalue weighted by atomic mass is 35.5. The van der Waals surface area contributed by atoms with Crippen LogP contribution in [0, 0.1) is 11.8 Å². The SMILES string of the molecule is CC(O)CN(C)S(=O)(=O)c1ccc(C#CCCO)cc1Cl. The van der Waals surface area contributed by atoms with Crippen LogP contribution < -0.4 is 0 Å². The Bertz CT molecular complexity index is 647. The standard InChI is InChI=1S/C14H18ClNO4S/c1-11(18)10-16(2)21(19,20)14-7-6-12(9-13(14)15)5-3-4-8-17/h6-7,9,11,17-18H,4,8,10H2,1-2H3. The third-order valence-corrected chi connectivity index (χ3v) is 4.92. The van der Waals surface area contributed by atoms with Crippen molar-refractivity contribution in [1.82, 2.24) is 4.31 Å². The van der Waals surface area contributed by atoms with E-state index >= 15 is 0 Å². The Balaban J connectivity index is 3.07. The first-order valence-electron chi connectivity index (χ1n) is 6.32. The van der Waals surface area contributed by atoms with Crippen molar-refractivity contribution in [1.29, 1.82) is 0 Å². The number of aliphatic hydroxyl groups is 2. The lowest BCUT2D eigenvalue weighted by Crippen LogP contribution is -2.33. The lowest BCUT2D eigenvalue weighted by molar-refractivity contribution is 0.171. The third kappa shape index (κ3) is 4.99. The van der Waals surface area contributed by atoms with E-state index in [0.717, 1.165) is 4.31 Å². The predicted molar refractivity (Wildman–Crippen MR) is 81.5 cm³/mol. The van der Waals surface area contributed by atoms with E-state index in [1.807, 2.05) is 0 Å². The quantitative estimate of drug-likeness (QED) is 0.791. The van der Waals surface area contributed by atoms with E-state index in [1.165, 1.54) is 26.1 Å². The van der Waals surface area contributed by atoms with E-state index in [-0.39, 0.29) is 23.1 Å². The minimum Gasteiger partial charge on any atom is -0.395 e. The molecule has 2 N–H and O–H groups in total. The van der Waals surface area contributed by atoms with Gasteiger partial charge in [-0.25, -0.2) is 8.42 Å². The van der Waals surface area contributed by atoms with E-state index in [0.29, 0.717) is 12.0 Å². The van der Waals surface area contributed by atoms with Gasteiger partial charge in [-0.2, -0.15) is 4.31 Å². The molecule has 1 atom stereocenters. The molecule has 0 aliphatic heterocycles. The molecular weight excluding hydrogens is 314 g/mol. The van der Waals surface area contributed by atoms with E-state index < -0.39 is 16.1 Å². The van der Waals surface area contributed by atoms with Crippen LogP contribution in [0.25, 0.3) is 0 Å². The summed E-state index contributed by atoms with van der Waals surface area (Å²) in [5.41, 5.74) is 0.575. The molecule has 0 fully saturated rings. The number of benzene rings is 1. The molecule has 21 heavy (non-hydrogen) atoms. The summed E-state index contributed by atoms with van der Waals surface area (Å²) in [6.45, 7) is 1.46. The minimum atomic E-state index is -3.75. The van der Waals surface area contributed by atoms with Gasteiger partial charge in [-0.15, -0.1) is 0 Å². The van der Waals surface area contributed by atoms with Crippen molar-refractivity contribution >= 4 is 21.6 Å². The number of hydrogen-bond donors (Lipinski definition) is 2. The fourth-order valence-electron chi connectivity index (χ4n) is 1.65. The van der Waals surface area contributed by atoms with E-state index in [1.54, 1.807) is 6.07 Å². The average Bonchev–Trinajstić information content (AvgIpc) is 2.38. The number of rotatable bonds is 5. The summed E-state index contributed by atoms with van der Waals surface area (Å²) in [6, 6.07) is 4.41. The van der Waals surface area contributed by atoms with E-state index in [4.69, 9.17) is 16.7 Å². The largest absolute Gasteiger partial charge is 0.395 e. The van der Waals surface area contributed by atoms with Gasteiger partial charge in [-0.05, 0) is 25.1 Å². The summed E-state index contributed by atoms with van der Waals surface area (Å²) < 4.78 is 25.7. The van der Waals surface area contributed by atoms with E-state index in [9.17, 15) is 13.5 Å². The van der Waals surface area contributed by atoms with Crippen LogP contribution in [0.15, 0.2) is 23.1 Å². The molecule has 0 amide bonds. The zero-order chi connectivity index (χ0) is 16.0. The zero-order valence-electron chi connectivity index (χ0n) is 11.9. The van der Waals surface area contributed by atoms with Crippen molar-refractivity contribution in [2.24, 2.45) is 0 Å². The van der Waals surface area contributed by atoms with Gasteiger partial charge in [0.2, 0.25) is 10.0 Å². The number of aliphatic hydroxyl groups excluding tert-OH is 2. The zero-order valence-corrected chi connectivity index (χ0v) is 13.4. The second-order valence-electron chi connectivity index (χ2n) is 4.56. The molecular formula is C14H18ClNO4S. The van der Waals surface area contributed by atoms with Gasteiger partial charge in [-0.1, -0.05) is 23.4 Å². The van der Waals surface area contributed by atoms with Gasteiger partial charge in [0.15, 0.2) is 0 Å². The molecule has 0 aliphatic rings. The maximum Gasteiger partial charge on any atom is 0.244 e. The molecule has 1 aromatic carbocycles. The summed E-state index contributed by atoms with van der Waals surface area (Å²) in [5, 5.41) is 18.0. The molecule has 0 spiro atoms. The van der Waals surface area contributed by atoms with Gasteiger partial charge >= 0.3 is 0 Å². The highest BCUT2D eigenvalue weighted by Crippen LogP contribution is 2.25. The van der Waals surface area contributed by atoms with Gasteiger partial charge < -0.3 is 10.2 Å². The third-order valence-electron chi connectivity index (χ3n) is 2.61. The molecule has 0 aliphatic carbocycles. The van der Waals surface area contributed by atoms with Gasteiger partial charge in [0.05, 0.1) is 17.7 Å². The highest BCUT2D eigenvalue weighted by Gasteiger charge is 2.24. The first-order chi connectivity index (χ1) is 9.78. The Morgan fingerprint density at radius 3 is 2.62 bits per heavy atom. The Kier molecular flexibility index (Phi) is 6.65. The predicted octanol–water partition coefficient (Wildman–Crippen LogP) is 1.08. The molecule has 0 radical (unpaired) electrons. The number of halogens is 1. The molecule has 116 valence electrons. The van der Waals surface area contributed by atoms with Crippen molar-refractivity contribution in [2.75, 3.05) is 20.2 Å². The van der Waals surface area contributed by atoms with Crippen molar-refractivity contribution < 1.29 is 18.6 Å². The topological polar surface area (TPSA) is 77.8 Å². The smallest absolute Gasteiger partial charge is 0.244 e. The molecule has 0 aromatic heterocycles. The molecule has 1 aromatic rings. The number of sulfonamides is 1. The molecule has 0 heterocycles. The Morgan fingerprint density at radius 1 is 1.43 bits per heavy atom. The number of nitrogens with zero attached hydrogens (tertiary/aromatic N) is 1. The van der Waals surface area contributed by atoms with Crippen LogP contribution >= 0.6 is 11.6 Å². The van der Waals surface area contributed by atoms with Gasteiger partial charge in [0.25, 0.3) is 0 Å². The summed E-state index contributed by atoms with van der Waals surface area (Å²) in [5.74, 6) is 5.52. The number of likely N-dealkylation sites (N-methyl/N-ethyl adjacent to an activating group) is 1. The molecule has 7 heteroatoms. The molecule has 1 rings (SSSR count). The Hall–Kier alpha value is -1.10. The highest BCUT2D eigenvalue weighted by molar-refractivity contribution is 7.89. The Morgan fingerprint density at radius 2 is 2.10 bits per heavy atom. The minimum absolute atomic E-state index is 0.0171. The van der Waals surface area contributed by atoms with Crippen LogP contribution in [0.4, 0.5) is 0 Å². The molecule has 1 unspecified atom stereocenters. The van der Waals surface area contributed by atoms with Gasteiger partial charge in [0, 0.05) is 25.6 Å². The van der Waals surface area contributed by atoms with Crippen LogP contribution in [-0.2, 0) is 10.0 Å². The van der Waals surface area contributed by atoms with Gasteiger partial charge in [-0.3, -0.25) is 0 Å². The molecule has 5 nitrogen and oxygen atoms in total. The van der Waals surface area contributed by atoms with Gasteiger partial charge in [0.1, 0.15) is 4.90 Å². The summed E-state index contributed by atoms with van der Waals surface area (Å²) >= 11 is 6.02. The lowest BCUT2D eigenvalue weighted by Gasteiger charge is -2.19. The summed E-state index contributed by atoms with van der Waals surface area (Å²) in [4.78, 5) is -0.0278. The first-order valence-corrected chi connectivity index (χ1v) is 8.14.